The number of amides is 2. The number of carbonyl (C=O) groups excluding carboxylic acids is 3. The summed E-state index contributed by atoms with van der Waals surface area (Å²) in [5.41, 5.74) is 2.42. The van der Waals surface area contributed by atoms with Crippen molar-refractivity contribution >= 4 is 17.8 Å². The highest BCUT2D eigenvalue weighted by Crippen LogP contribution is 2.17. The number of ether oxygens (including phenoxy) is 2. The van der Waals surface area contributed by atoms with Gasteiger partial charge in [0.1, 0.15) is 17.8 Å². The number of hydrogen-bond acceptors (Lipinski definition) is 5. The number of rotatable bonds is 10. The molecule has 0 radical (unpaired) electrons. The minimum atomic E-state index is -0.796. The fraction of sp³-hybridized carbons (Fsp3) is 0.435. The lowest BCUT2D eigenvalue weighted by Gasteiger charge is -2.21. The lowest BCUT2D eigenvalue weighted by molar-refractivity contribution is -0.165. The van der Waals surface area contributed by atoms with Gasteiger partial charge in [0.15, 0.2) is 0 Å². The van der Waals surface area contributed by atoms with E-state index in [1.807, 2.05) is 43.3 Å². The summed E-state index contributed by atoms with van der Waals surface area (Å²) in [4.78, 5) is 39.8. The zero-order valence-corrected chi connectivity index (χ0v) is 17.9. The molecule has 1 aliphatic rings. The molecule has 0 spiro atoms. The SMILES string of the molecule is CCCCOC1OC(=O)C[C@@H]1NC(=O)[C@@H](C)NC(=O)c1ccc(Cc2ccccc2)[nH]1. The van der Waals surface area contributed by atoms with Gasteiger partial charge in [-0.2, -0.15) is 0 Å². The predicted octanol–water partition coefficient (Wildman–Crippen LogP) is 2.30. The first-order valence-electron chi connectivity index (χ1n) is 10.6. The van der Waals surface area contributed by atoms with Crippen LogP contribution in [-0.2, 0) is 25.5 Å². The Morgan fingerprint density at radius 2 is 2.00 bits per heavy atom. The van der Waals surface area contributed by atoms with Crippen molar-refractivity contribution < 1.29 is 23.9 Å². The zero-order chi connectivity index (χ0) is 22.2. The molecule has 1 aliphatic heterocycles. The van der Waals surface area contributed by atoms with Crippen molar-refractivity contribution in [1.29, 1.82) is 0 Å². The third kappa shape index (κ3) is 6.42. The van der Waals surface area contributed by atoms with Crippen LogP contribution >= 0.6 is 0 Å². The van der Waals surface area contributed by atoms with Gasteiger partial charge in [0.05, 0.1) is 13.0 Å². The summed E-state index contributed by atoms with van der Waals surface area (Å²) in [6.45, 7) is 4.07. The molecule has 1 fully saturated rings. The Bertz CT molecular complexity index is 896. The average Bonchev–Trinajstić information content (AvgIpc) is 3.35. The van der Waals surface area contributed by atoms with E-state index in [0.717, 1.165) is 24.1 Å². The summed E-state index contributed by atoms with van der Waals surface area (Å²) in [6.07, 6.45) is 1.72. The molecule has 8 nitrogen and oxygen atoms in total. The lowest BCUT2D eigenvalue weighted by Crippen LogP contribution is -2.50. The number of cyclic esters (lactones) is 1. The summed E-state index contributed by atoms with van der Waals surface area (Å²) < 4.78 is 10.7. The highest BCUT2D eigenvalue weighted by atomic mass is 16.7. The molecule has 2 aromatic rings. The van der Waals surface area contributed by atoms with E-state index in [2.05, 4.69) is 15.6 Å². The van der Waals surface area contributed by atoms with Crippen LogP contribution in [-0.4, -0.2) is 47.7 Å². The highest BCUT2D eigenvalue weighted by molar-refractivity contribution is 5.96. The van der Waals surface area contributed by atoms with Crippen LogP contribution in [0.25, 0.3) is 0 Å². The molecule has 3 atom stereocenters. The molecule has 2 amide bonds. The zero-order valence-electron chi connectivity index (χ0n) is 17.9. The van der Waals surface area contributed by atoms with Gasteiger partial charge in [-0.25, -0.2) is 0 Å². The van der Waals surface area contributed by atoms with Crippen molar-refractivity contribution in [2.75, 3.05) is 6.61 Å². The highest BCUT2D eigenvalue weighted by Gasteiger charge is 2.37. The maximum Gasteiger partial charge on any atom is 0.310 e. The Hall–Kier alpha value is -3.13. The van der Waals surface area contributed by atoms with Gasteiger partial charge in [0.25, 0.3) is 5.91 Å². The molecule has 166 valence electrons. The summed E-state index contributed by atoms with van der Waals surface area (Å²) in [7, 11) is 0. The summed E-state index contributed by atoms with van der Waals surface area (Å²) >= 11 is 0. The predicted molar refractivity (Wildman–Crippen MR) is 114 cm³/mol. The average molecular weight is 428 g/mol. The van der Waals surface area contributed by atoms with Crippen LogP contribution in [0, 0.1) is 0 Å². The number of hydrogen-bond donors (Lipinski definition) is 3. The molecule has 0 saturated carbocycles. The monoisotopic (exact) mass is 427 g/mol. The molecule has 3 N–H and O–H groups in total. The van der Waals surface area contributed by atoms with Crippen molar-refractivity contribution in [3.05, 3.63) is 59.4 Å². The molecule has 0 bridgehead atoms. The second kappa shape index (κ2) is 10.8. The smallest absolute Gasteiger partial charge is 0.310 e. The van der Waals surface area contributed by atoms with Gasteiger partial charge in [0.2, 0.25) is 12.2 Å². The fourth-order valence-corrected chi connectivity index (χ4v) is 3.29. The molecule has 0 aliphatic carbocycles. The van der Waals surface area contributed by atoms with Crippen LogP contribution in [0.3, 0.4) is 0 Å². The number of nitrogens with one attached hydrogen (secondary N) is 3. The first kappa shape index (κ1) is 22.6. The van der Waals surface area contributed by atoms with E-state index < -0.39 is 30.3 Å². The van der Waals surface area contributed by atoms with Gasteiger partial charge >= 0.3 is 5.97 Å². The summed E-state index contributed by atoms with van der Waals surface area (Å²) in [5, 5.41) is 5.42. The standard InChI is InChI=1S/C23H29N3O5/c1-3-4-12-30-23-19(14-20(27)31-23)26-21(28)15(2)24-22(29)18-11-10-17(25-18)13-16-8-6-5-7-9-16/h5-11,15,19,23,25H,3-4,12-14H2,1-2H3,(H,24,29)(H,26,28)/t15-,19+,23?/m1/s1. The summed E-state index contributed by atoms with van der Waals surface area (Å²) in [6, 6.07) is 12.1. The van der Waals surface area contributed by atoms with Crippen molar-refractivity contribution in [3.63, 3.8) is 0 Å². The number of H-pyrrole nitrogens is 1. The topological polar surface area (TPSA) is 110 Å². The number of aromatic nitrogens is 1. The van der Waals surface area contributed by atoms with E-state index in [4.69, 9.17) is 9.47 Å². The molecule has 2 heterocycles. The second-order valence-electron chi connectivity index (χ2n) is 7.66. The normalized spacial score (nSPS) is 19.0. The van der Waals surface area contributed by atoms with Crippen LogP contribution in [0.4, 0.5) is 0 Å². The van der Waals surface area contributed by atoms with Crippen LogP contribution < -0.4 is 10.6 Å². The van der Waals surface area contributed by atoms with Gasteiger partial charge in [0, 0.05) is 12.1 Å². The molecule has 8 heteroatoms. The van der Waals surface area contributed by atoms with E-state index in [1.54, 1.807) is 13.0 Å². The van der Waals surface area contributed by atoms with Crippen molar-refractivity contribution in [1.82, 2.24) is 15.6 Å². The molecule has 1 aromatic heterocycles. The van der Waals surface area contributed by atoms with Gasteiger partial charge in [-0.05, 0) is 31.0 Å². The maximum atomic E-state index is 12.5. The maximum absolute atomic E-state index is 12.5. The molecule has 1 aromatic carbocycles. The lowest BCUT2D eigenvalue weighted by atomic mass is 10.1. The molecule has 1 unspecified atom stereocenters. The Labute approximate surface area is 181 Å². The van der Waals surface area contributed by atoms with Gasteiger partial charge in [-0.3, -0.25) is 14.4 Å². The molecular formula is C23H29N3O5. The van der Waals surface area contributed by atoms with Gasteiger partial charge in [-0.1, -0.05) is 43.7 Å². The van der Waals surface area contributed by atoms with E-state index >= 15 is 0 Å². The van der Waals surface area contributed by atoms with Crippen molar-refractivity contribution in [3.8, 4) is 0 Å². The first-order chi connectivity index (χ1) is 15.0. The number of esters is 1. The Morgan fingerprint density at radius 3 is 2.74 bits per heavy atom. The van der Waals surface area contributed by atoms with E-state index in [9.17, 15) is 14.4 Å². The van der Waals surface area contributed by atoms with Gasteiger partial charge in [-0.15, -0.1) is 0 Å². The third-order valence-corrected chi connectivity index (χ3v) is 5.04. The Morgan fingerprint density at radius 1 is 1.23 bits per heavy atom. The molecule has 3 rings (SSSR count). The van der Waals surface area contributed by atoms with E-state index in [-0.39, 0.29) is 12.3 Å². The number of aromatic amines is 1. The number of carbonyl (C=O) groups is 3. The Kier molecular flexibility index (Phi) is 7.83. The van der Waals surface area contributed by atoms with E-state index in [0.29, 0.717) is 18.7 Å². The minimum absolute atomic E-state index is 0.0443. The third-order valence-electron chi connectivity index (χ3n) is 5.04. The Balaban J connectivity index is 1.51. The molecular weight excluding hydrogens is 398 g/mol. The number of benzene rings is 1. The minimum Gasteiger partial charge on any atom is -0.433 e. The van der Waals surface area contributed by atoms with Crippen LogP contribution in [0.5, 0.6) is 0 Å². The first-order valence-corrected chi connectivity index (χ1v) is 10.6. The van der Waals surface area contributed by atoms with Crippen LogP contribution in [0.15, 0.2) is 42.5 Å². The summed E-state index contributed by atoms with van der Waals surface area (Å²) in [5.74, 6) is -1.20. The van der Waals surface area contributed by atoms with E-state index in [1.165, 1.54) is 0 Å². The quantitative estimate of drug-likeness (QED) is 0.398. The molecule has 31 heavy (non-hydrogen) atoms. The van der Waals surface area contributed by atoms with Gasteiger partial charge < -0.3 is 25.1 Å². The largest absolute Gasteiger partial charge is 0.433 e. The second-order valence-corrected chi connectivity index (χ2v) is 7.66. The van der Waals surface area contributed by atoms with Crippen molar-refractivity contribution in [2.24, 2.45) is 0 Å². The number of unbranched alkanes of at least 4 members (excludes halogenated alkanes) is 1. The van der Waals surface area contributed by atoms with Crippen LogP contribution in [0.1, 0.15) is 54.9 Å². The molecule has 1 saturated heterocycles. The van der Waals surface area contributed by atoms with Crippen molar-refractivity contribution in [2.45, 2.75) is 57.9 Å². The fourth-order valence-electron chi connectivity index (χ4n) is 3.29. The van der Waals surface area contributed by atoms with Crippen LogP contribution in [0.2, 0.25) is 0 Å².